The lowest BCUT2D eigenvalue weighted by Crippen LogP contribution is -2.43. The van der Waals surface area contributed by atoms with Gasteiger partial charge in [-0.3, -0.25) is 14.6 Å². The predicted molar refractivity (Wildman–Crippen MR) is 82.1 cm³/mol. The molecule has 1 atom stereocenters. The van der Waals surface area contributed by atoms with Crippen molar-refractivity contribution < 1.29 is 14.7 Å². The van der Waals surface area contributed by atoms with E-state index in [2.05, 4.69) is 10.3 Å². The number of amides is 2. The van der Waals surface area contributed by atoms with Gasteiger partial charge in [-0.2, -0.15) is 0 Å². The third-order valence-electron chi connectivity index (χ3n) is 3.31. The van der Waals surface area contributed by atoms with Gasteiger partial charge in [-0.1, -0.05) is 25.1 Å². The normalized spacial score (nSPS) is 11.7. The van der Waals surface area contributed by atoms with Crippen LogP contribution in [0.3, 0.4) is 0 Å². The van der Waals surface area contributed by atoms with Crippen molar-refractivity contribution in [3.8, 4) is 16.9 Å². The molecule has 22 heavy (non-hydrogen) atoms. The third-order valence-corrected chi connectivity index (χ3v) is 3.31. The largest absolute Gasteiger partial charge is 0.506 e. The molecule has 0 bridgehead atoms. The van der Waals surface area contributed by atoms with Crippen LogP contribution in [0.4, 0.5) is 0 Å². The first-order chi connectivity index (χ1) is 10.5. The molecule has 0 radical (unpaired) electrons. The van der Waals surface area contributed by atoms with E-state index in [0.717, 1.165) is 0 Å². The van der Waals surface area contributed by atoms with E-state index in [4.69, 9.17) is 5.73 Å². The number of primary amides is 1. The van der Waals surface area contributed by atoms with Gasteiger partial charge in [0.25, 0.3) is 5.91 Å². The van der Waals surface area contributed by atoms with Crippen LogP contribution in [0.1, 0.15) is 23.7 Å². The fraction of sp³-hybridized carbons (Fsp3) is 0.188. The molecular weight excluding hydrogens is 282 g/mol. The monoisotopic (exact) mass is 299 g/mol. The van der Waals surface area contributed by atoms with E-state index in [0.29, 0.717) is 17.5 Å². The predicted octanol–water partition coefficient (Wildman–Crippen LogP) is 1.45. The van der Waals surface area contributed by atoms with Crippen LogP contribution in [-0.4, -0.2) is 27.9 Å². The maximum absolute atomic E-state index is 12.2. The van der Waals surface area contributed by atoms with Crippen LogP contribution >= 0.6 is 0 Å². The molecule has 1 aromatic heterocycles. The highest BCUT2D eigenvalue weighted by atomic mass is 16.3. The molecule has 0 saturated carbocycles. The fourth-order valence-corrected chi connectivity index (χ4v) is 2.09. The molecule has 1 heterocycles. The molecule has 4 N–H and O–H groups in total. The number of phenols is 1. The lowest BCUT2D eigenvalue weighted by molar-refractivity contribution is -0.119. The maximum atomic E-state index is 12.2. The van der Waals surface area contributed by atoms with E-state index in [1.54, 1.807) is 43.6 Å². The van der Waals surface area contributed by atoms with Crippen LogP contribution in [0.25, 0.3) is 11.1 Å². The van der Waals surface area contributed by atoms with Gasteiger partial charge < -0.3 is 16.2 Å². The minimum atomic E-state index is -0.769. The van der Waals surface area contributed by atoms with E-state index in [1.807, 2.05) is 0 Å². The number of carbonyl (C=O) groups is 2. The zero-order valence-corrected chi connectivity index (χ0v) is 12.1. The Kier molecular flexibility index (Phi) is 4.73. The number of hydrogen-bond acceptors (Lipinski definition) is 4. The first-order valence-corrected chi connectivity index (χ1v) is 6.87. The Morgan fingerprint density at radius 2 is 2.09 bits per heavy atom. The van der Waals surface area contributed by atoms with Crippen molar-refractivity contribution >= 4 is 11.8 Å². The van der Waals surface area contributed by atoms with Crippen molar-refractivity contribution in [3.05, 3.63) is 48.3 Å². The zero-order valence-electron chi connectivity index (χ0n) is 12.1. The molecule has 2 aromatic rings. The molecule has 0 fully saturated rings. The van der Waals surface area contributed by atoms with E-state index in [-0.39, 0.29) is 11.3 Å². The summed E-state index contributed by atoms with van der Waals surface area (Å²) in [6, 6.07) is 7.58. The maximum Gasteiger partial charge on any atom is 0.255 e. The lowest BCUT2D eigenvalue weighted by Gasteiger charge is -2.15. The summed E-state index contributed by atoms with van der Waals surface area (Å²) in [6.45, 7) is 1.74. The standard InChI is InChI=1S/C16H17N3O3/c1-2-13(15(17)21)19-16(22)12-7-3-6-11(14(12)20)10-5-4-8-18-9-10/h3-9,13,20H,2H2,1H3,(H2,17,21)(H,19,22)/t13-/m1/s1. The summed E-state index contributed by atoms with van der Waals surface area (Å²) in [5, 5.41) is 12.8. The summed E-state index contributed by atoms with van der Waals surface area (Å²) in [6.07, 6.45) is 3.59. The van der Waals surface area contributed by atoms with Crippen LogP contribution in [0, 0.1) is 0 Å². The number of para-hydroxylation sites is 1. The fourth-order valence-electron chi connectivity index (χ4n) is 2.09. The highest BCUT2D eigenvalue weighted by Crippen LogP contribution is 2.31. The number of phenolic OH excluding ortho intramolecular Hbond substituents is 1. The minimum Gasteiger partial charge on any atom is -0.506 e. The molecule has 1 aromatic carbocycles. The van der Waals surface area contributed by atoms with Crippen LogP contribution in [-0.2, 0) is 4.79 Å². The summed E-state index contributed by atoms with van der Waals surface area (Å²) >= 11 is 0. The molecule has 2 amide bonds. The smallest absolute Gasteiger partial charge is 0.255 e. The summed E-state index contributed by atoms with van der Waals surface area (Å²) in [7, 11) is 0. The summed E-state index contributed by atoms with van der Waals surface area (Å²) in [5.74, 6) is -1.32. The van der Waals surface area contributed by atoms with Gasteiger partial charge in [-0.25, -0.2) is 0 Å². The Hall–Kier alpha value is -2.89. The molecule has 2 rings (SSSR count). The van der Waals surface area contributed by atoms with Gasteiger partial charge in [-0.05, 0) is 18.6 Å². The summed E-state index contributed by atoms with van der Waals surface area (Å²) < 4.78 is 0. The van der Waals surface area contributed by atoms with Crippen molar-refractivity contribution in [1.82, 2.24) is 10.3 Å². The Balaban J connectivity index is 2.33. The second-order valence-corrected chi connectivity index (χ2v) is 4.78. The number of aromatic nitrogens is 1. The number of pyridine rings is 1. The van der Waals surface area contributed by atoms with Crippen molar-refractivity contribution in [1.29, 1.82) is 0 Å². The van der Waals surface area contributed by atoms with Gasteiger partial charge in [0.15, 0.2) is 0 Å². The van der Waals surface area contributed by atoms with Gasteiger partial charge in [0.2, 0.25) is 5.91 Å². The zero-order chi connectivity index (χ0) is 16.1. The number of rotatable bonds is 5. The number of benzene rings is 1. The minimum absolute atomic E-state index is 0.0843. The molecular formula is C16H17N3O3. The number of hydrogen-bond donors (Lipinski definition) is 3. The lowest BCUT2D eigenvalue weighted by atomic mass is 10.0. The number of nitrogens with one attached hydrogen (secondary N) is 1. The molecule has 6 heteroatoms. The second-order valence-electron chi connectivity index (χ2n) is 4.78. The molecule has 0 saturated heterocycles. The molecule has 0 aliphatic carbocycles. The second kappa shape index (κ2) is 6.71. The Morgan fingerprint density at radius 3 is 2.68 bits per heavy atom. The van der Waals surface area contributed by atoms with Gasteiger partial charge in [-0.15, -0.1) is 0 Å². The average Bonchev–Trinajstić information content (AvgIpc) is 2.53. The quantitative estimate of drug-likeness (QED) is 0.777. The molecule has 0 aliphatic heterocycles. The Bertz CT molecular complexity index is 686. The molecule has 114 valence electrons. The van der Waals surface area contributed by atoms with Crippen LogP contribution in [0.15, 0.2) is 42.7 Å². The number of nitrogens with zero attached hydrogens (tertiary/aromatic N) is 1. The molecule has 6 nitrogen and oxygen atoms in total. The van der Waals surface area contributed by atoms with E-state index >= 15 is 0 Å². The van der Waals surface area contributed by atoms with E-state index in [9.17, 15) is 14.7 Å². The van der Waals surface area contributed by atoms with Gasteiger partial charge >= 0.3 is 0 Å². The third kappa shape index (κ3) is 3.22. The molecule has 0 unspecified atom stereocenters. The van der Waals surface area contributed by atoms with Crippen molar-refractivity contribution in [2.75, 3.05) is 0 Å². The van der Waals surface area contributed by atoms with Crippen molar-refractivity contribution in [3.63, 3.8) is 0 Å². The SMILES string of the molecule is CC[C@@H](NC(=O)c1cccc(-c2cccnc2)c1O)C(N)=O. The van der Waals surface area contributed by atoms with Gasteiger partial charge in [0.05, 0.1) is 5.56 Å². The van der Waals surface area contributed by atoms with E-state index in [1.165, 1.54) is 6.07 Å². The van der Waals surface area contributed by atoms with Crippen LogP contribution < -0.4 is 11.1 Å². The average molecular weight is 299 g/mol. The Morgan fingerprint density at radius 1 is 1.32 bits per heavy atom. The number of aromatic hydroxyl groups is 1. The summed E-state index contributed by atoms with van der Waals surface area (Å²) in [5.41, 5.74) is 6.48. The van der Waals surface area contributed by atoms with Gasteiger partial charge in [0.1, 0.15) is 11.8 Å². The molecule has 0 aliphatic rings. The first-order valence-electron chi connectivity index (χ1n) is 6.87. The number of nitrogens with two attached hydrogens (primary N) is 1. The molecule has 0 spiro atoms. The topological polar surface area (TPSA) is 105 Å². The van der Waals surface area contributed by atoms with Crippen LogP contribution in [0.5, 0.6) is 5.75 Å². The highest BCUT2D eigenvalue weighted by molar-refractivity contribution is 6.01. The van der Waals surface area contributed by atoms with Crippen molar-refractivity contribution in [2.45, 2.75) is 19.4 Å². The first kappa shape index (κ1) is 15.5. The number of carbonyl (C=O) groups excluding carboxylic acids is 2. The van der Waals surface area contributed by atoms with E-state index < -0.39 is 17.9 Å². The van der Waals surface area contributed by atoms with Gasteiger partial charge in [0, 0.05) is 23.5 Å². The van der Waals surface area contributed by atoms with Crippen LogP contribution in [0.2, 0.25) is 0 Å². The summed E-state index contributed by atoms with van der Waals surface area (Å²) in [4.78, 5) is 27.4. The van der Waals surface area contributed by atoms with Crippen molar-refractivity contribution in [2.24, 2.45) is 5.73 Å². The Labute approximate surface area is 128 Å². The highest BCUT2D eigenvalue weighted by Gasteiger charge is 2.20.